The molecule has 0 saturated carbocycles. The number of hydrogen-bond donors (Lipinski definition) is 1. The van der Waals surface area contributed by atoms with E-state index in [0.29, 0.717) is 18.8 Å². The van der Waals surface area contributed by atoms with Gasteiger partial charge in [-0.1, -0.05) is 0 Å². The number of non-ortho nitro benzene ring substituents is 1. The third-order valence-corrected chi connectivity index (χ3v) is 2.31. The van der Waals surface area contributed by atoms with Crippen LogP contribution in [0.25, 0.3) is 0 Å². The Labute approximate surface area is 104 Å². The van der Waals surface area contributed by atoms with Gasteiger partial charge in [0.25, 0.3) is 11.6 Å². The average molecular weight is 253 g/mol. The zero-order chi connectivity index (χ0) is 13.5. The summed E-state index contributed by atoms with van der Waals surface area (Å²) in [7, 11) is 1.58. The molecule has 0 aliphatic carbocycles. The lowest BCUT2D eigenvalue weighted by Gasteiger charge is -2.16. The second-order valence-electron chi connectivity index (χ2n) is 3.57. The van der Waals surface area contributed by atoms with Gasteiger partial charge in [-0.3, -0.25) is 14.9 Å². The molecule has 0 fully saturated rings. The van der Waals surface area contributed by atoms with Gasteiger partial charge in [-0.15, -0.1) is 0 Å². The van der Waals surface area contributed by atoms with Gasteiger partial charge in [0.15, 0.2) is 0 Å². The summed E-state index contributed by atoms with van der Waals surface area (Å²) in [6, 6.07) is 5.72. The van der Waals surface area contributed by atoms with Crippen molar-refractivity contribution in [1.29, 1.82) is 0 Å². The molecule has 0 unspecified atom stereocenters. The summed E-state index contributed by atoms with van der Waals surface area (Å²) < 4.78 is 5.02. The Bertz CT molecular complexity index is 419. The fourth-order valence-corrected chi connectivity index (χ4v) is 1.28. The third-order valence-electron chi connectivity index (χ3n) is 2.31. The van der Waals surface area contributed by atoms with Crippen LogP contribution in [0.4, 0.5) is 11.4 Å². The van der Waals surface area contributed by atoms with Crippen LogP contribution < -0.4 is 10.6 Å². The first-order chi connectivity index (χ1) is 8.56. The normalized spacial score (nSPS) is 10.1. The summed E-state index contributed by atoms with van der Waals surface area (Å²) in [5.74, 6) is -0.239. The number of likely N-dealkylation sites (N-methyl/N-ethyl adjacent to an activating group) is 1. The fourth-order valence-electron chi connectivity index (χ4n) is 1.28. The van der Waals surface area contributed by atoms with Crippen molar-refractivity contribution in [2.24, 2.45) is 5.73 Å². The molecule has 0 saturated heterocycles. The van der Waals surface area contributed by atoms with E-state index >= 15 is 0 Å². The Morgan fingerprint density at radius 2 is 2.06 bits per heavy atom. The highest BCUT2D eigenvalue weighted by atomic mass is 16.6. The van der Waals surface area contributed by atoms with E-state index < -0.39 is 4.92 Å². The SMILES string of the molecule is CN(C(=O)COCCN)c1ccc([N+](=O)[O-])cc1. The van der Waals surface area contributed by atoms with E-state index in [0.717, 1.165) is 0 Å². The number of nitro groups is 1. The van der Waals surface area contributed by atoms with E-state index in [4.69, 9.17) is 10.5 Å². The molecular weight excluding hydrogens is 238 g/mol. The standard InChI is InChI=1S/C11H15N3O4/c1-13(11(15)8-18-7-6-12)9-2-4-10(5-3-9)14(16)17/h2-5H,6-8,12H2,1H3. The van der Waals surface area contributed by atoms with E-state index in [2.05, 4.69) is 0 Å². The molecular formula is C11H15N3O4. The number of nitro benzene ring substituents is 1. The largest absolute Gasteiger partial charge is 0.370 e. The Hall–Kier alpha value is -1.99. The molecule has 0 radical (unpaired) electrons. The summed E-state index contributed by atoms with van der Waals surface area (Å²) in [4.78, 5) is 23.0. The maximum Gasteiger partial charge on any atom is 0.269 e. The van der Waals surface area contributed by atoms with Crippen molar-refractivity contribution in [3.63, 3.8) is 0 Å². The summed E-state index contributed by atoms with van der Waals surface area (Å²) in [5.41, 5.74) is 5.79. The molecule has 1 aromatic carbocycles. The fraction of sp³-hybridized carbons (Fsp3) is 0.364. The van der Waals surface area contributed by atoms with Gasteiger partial charge in [-0.2, -0.15) is 0 Å². The van der Waals surface area contributed by atoms with Crippen LogP contribution in [0, 0.1) is 10.1 Å². The molecule has 0 aromatic heterocycles. The highest BCUT2D eigenvalue weighted by Gasteiger charge is 2.12. The number of carbonyl (C=O) groups is 1. The number of anilines is 1. The minimum Gasteiger partial charge on any atom is -0.370 e. The first kappa shape index (κ1) is 14.1. The van der Waals surface area contributed by atoms with E-state index in [9.17, 15) is 14.9 Å². The minimum atomic E-state index is -0.490. The predicted octanol–water partition coefficient (Wildman–Crippen LogP) is 0.533. The van der Waals surface area contributed by atoms with Gasteiger partial charge in [0.2, 0.25) is 0 Å². The summed E-state index contributed by atoms with van der Waals surface area (Å²) in [5, 5.41) is 10.5. The van der Waals surface area contributed by atoms with Gasteiger partial charge >= 0.3 is 0 Å². The van der Waals surface area contributed by atoms with Crippen molar-refractivity contribution in [2.45, 2.75) is 0 Å². The highest BCUT2D eigenvalue weighted by Crippen LogP contribution is 2.18. The zero-order valence-corrected chi connectivity index (χ0v) is 10.0. The van der Waals surface area contributed by atoms with Crippen molar-refractivity contribution >= 4 is 17.3 Å². The second kappa shape index (κ2) is 6.67. The number of rotatable bonds is 6. The van der Waals surface area contributed by atoms with Crippen LogP contribution in [0.5, 0.6) is 0 Å². The Balaban J connectivity index is 2.63. The number of nitrogens with zero attached hydrogens (tertiary/aromatic N) is 2. The lowest BCUT2D eigenvalue weighted by molar-refractivity contribution is -0.384. The second-order valence-corrected chi connectivity index (χ2v) is 3.57. The van der Waals surface area contributed by atoms with Crippen LogP contribution in [-0.2, 0) is 9.53 Å². The lowest BCUT2D eigenvalue weighted by atomic mass is 10.2. The third kappa shape index (κ3) is 3.79. The molecule has 18 heavy (non-hydrogen) atoms. The molecule has 0 bridgehead atoms. The number of benzene rings is 1. The predicted molar refractivity (Wildman–Crippen MR) is 66.4 cm³/mol. The van der Waals surface area contributed by atoms with Crippen molar-refractivity contribution in [2.75, 3.05) is 31.7 Å². The van der Waals surface area contributed by atoms with E-state index in [1.807, 2.05) is 0 Å². The molecule has 0 aliphatic rings. The van der Waals surface area contributed by atoms with Crippen LogP contribution in [0.3, 0.4) is 0 Å². The highest BCUT2D eigenvalue weighted by molar-refractivity contribution is 5.93. The number of hydrogen-bond acceptors (Lipinski definition) is 5. The smallest absolute Gasteiger partial charge is 0.269 e. The van der Waals surface area contributed by atoms with Gasteiger partial charge in [-0.25, -0.2) is 0 Å². The Kier molecular flexibility index (Phi) is 5.22. The average Bonchev–Trinajstić information content (AvgIpc) is 2.38. The maximum atomic E-state index is 11.7. The van der Waals surface area contributed by atoms with Crippen LogP contribution in [0.2, 0.25) is 0 Å². The van der Waals surface area contributed by atoms with Crippen LogP contribution in [0.15, 0.2) is 24.3 Å². The summed E-state index contributed by atoms with van der Waals surface area (Å²) in [6.45, 7) is 0.610. The van der Waals surface area contributed by atoms with Crippen molar-refractivity contribution < 1.29 is 14.5 Å². The van der Waals surface area contributed by atoms with Crippen LogP contribution in [0.1, 0.15) is 0 Å². The van der Waals surface area contributed by atoms with Gasteiger partial charge in [0.1, 0.15) is 6.61 Å². The number of amides is 1. The molecule has 0 aliphatic heterocycles. The van der Waals surface area contributed by atoms with Gasteiger partial charge in [-0.05, 0) is 12.1 Å². The van der Waals surface area contributed by atoms with Gasteiger partial charge in [0.05, 0.1) is 11.5 Å². The number of ether oxygens (including phenoxy) is 1. The minimum absolute atomic E-state index is 0.0148. The summed E-state index contributed by atoms with van der Waals surface area (Å²) in [6.07, 6.45) is 0. The lowest BCUT2D eigenvalue weighted by Crippen LogP contribution is -2.30. The molecule has 98 valence electrons. The van der Waals surface area contributed by atoms with Crippen molar-refractivity contribution in [3.05, 3.63) is 34.4 Å². The van der Waals surface area contributed by atoms with E-state index in [-0.39, 0.29) is 18.2 Å². The topological polar surface area (TPSA) is 98.7 Å². The molecule has 0 spiro atoms. The molecule has 7 heteroatoms. The van der Waals surface area contributed by atoms with Crippen LogP contribution in [-0.4, -0.2) is 37.6 Å². The molecule has 0 heterocycles. The van der Waals surface area contributed by atoms with Gasteiger partial charge < -0.3 is 15.4 Å². The number of nitrogens with two attached hydrogens (primary N) is 1. The molecule has 1 amide bonds. The van der Waals surface area contributed by atoms with E-state index in [1.165, 1.54) is 29.2 Å². The number of carbonyl (C=O) groups excluding carboxylic acids is 1. The summed E-state index contributed by atoms with van der Waals surface area (Å²) >= 11 is 0. The molecule has 1 aromatic rings. The monoisotopic (exact) mass is 253 g/mol. The van der Waals surface area contributed by atoms with E-state index in [1.54, 1.807) is 7.05 Å². The first-order valence-electron chi connectivity index (χ1n) is 5.35. The Morgan fingerprint density at radius 1 is 1.44 bits per heavy atom. The quantitative estimate of drug-likeness (QED) is 0.453. The Morgan fingerprint density at radius 3 is 2.56 bits per heavy atom. The van der Waals surface area contributed by atoms with Crippen LogP contribution >= 0.6 is 0 Å². The van der Waals surface area contributed by atoms with Crippen molar-refractivity contribution in [3.8, 4) is 0 Å². The molecule has 7 nitrogen and oxygen atoms in total. The molecule has 1 rings (SSSR count). The molecule has 0 atom stereocenters. The molecule has 2 N–H and O–H groups in total. The first-order valence-corrected chi connectivity index (χ1v) is 5.35. The van der Waals surface area contributed by atoms with Gasteiger partial charge in [0, 0.05) is 31.4 Å². The van der Waals surface area contributed by atoms with Crippen molar-refractivity contribution in [1.82, 2.24) is 0 Å². The maximum absolute atomic E-state index is 11.7. The zero-order valence-electron chi connectivity index (χ0n) is 10.0.